The SMILES string of the molecule is CCOC(=O)NNC(=O)NC[C]12[CH]3[CH]4[CH]5[CH]1[Fe]45321678[CH]2[CH]1[CH]6[CH]7[CH]28. The normalized spacial score (nSPS) is 93.8. The third kappa shape index (κ3) is 0.122. The summed E-state index contributed by atoms with van der Waals surface area (Å²) < 4.78 is 5.43. The van der Waals surface area contributed by atoms with Crippen molar-refractivity contribution in [3.05, 3.63) is 0 Å². The maximum atomic E-state index is 12.0. The van der Waals surface area contributed by atoms with Gasteiger partial charge < -0.3 is 0 Å². The molecule has 0 bridgehead atoms. The minimum atomic E-state index is -3.05. The summed E-state index contributed by atoms with van der Waals surface area (Å²) in [7, 11) is 0. The molecule has 0 aromatic rings. The van der Waals surface area contributed by atoms with Crippen LogP contribution in [0.25, 0.3) is 0 Å². The van der Waals surface area contributed by atoms with Gasteiger partial charge in [-0.2, -0.15) is 0 Å². The second kappa shape index (κ2) is 0.919. The molecule has 4 unspecified atom stereocenters. The molecule has 0 saturated carbocycles. The molecule has 0 aromatic heterocycles. The molecule has 10 aliphatic heterocycles. The molecule has 10 aliphatic rings. The van der Waals surface area contributed by atoms with Crippen LogP contribution in [0.5, 0.6) is 0 Å². The zero-order chi connectivity index (χ0) is 14.4. The number of carbonyl (C=O) groups is 2. The van der Waals surface area contributed by atoms with Gasteiger partial charge in [-0.3, -0.25) is 0 Å². The Morgan fingerprint density at radius 2 is 1.59 bits per heavy atom. The van der Waals surface area contributed by atoms with E-state index in [0.717, 1.165) is 6.54 Å². The monoisotopic (exact) mass is 345 g/mol. The number of urea groups is 1. The molecule has 3 amide bonds. The second-order valence-electron chi connectivity index (χ2n) is 11.5. The van der Waals surface area contributed by atoms with Gasteiger partial charge in [-0.15, -0.1) is 0 Å². The molecule has 0 aromatic carbocycles. The van der Waals surface area contributed by atoms with Crippen molar-refractivity contribution in [2.75, 3.05) is 13.2 Å². The van der Waals surface area contributed by atoms with Crippen LogP contribution in [0.1, 0.15) is 6.92 Å². The Bertz CT molecular complexity index is 1050. The zero-order valence-electron chi connectivity index (χ0n) is 12.2. The Kier molecular flexibility index (Phi) is 0.392. The van der Waals surface area contributed by atoms with Crippen LogP contribution in [0.15, 0.2) is 0 Å². The topological polar surface area (TPSA) is 79.5 Å². The van der Waals surface area contributed by atoms with Crippen LogP contribution in [0.4, 0.5) is 9.59 Å². The fourth-order valence-electron chi connectivity index (χ4n) is 17.7. The van der Waals surface area contributed by atoms with E-state index < -0.39 is 12.6 Å². The van der Waals surface area contributed by atoms with E-state index in [1.54, 1.807) is 6.92 Å². The first-order valence-corrected chi connectivity index (χ1v) is 14.9. The van der Waals surface area contributed by atoms with E-state index in [0.29, 0.717) is 10.9 Å². The molecule has 10 rings (SSSR count). The molecule has 22 heavy (non-hydrogen) atoms. The van der Waals surface area contributed by atoms with Crippen molar-refractivity contribution in [3.63, 3.8) is 0 Å². The first-order chi connectivity index (χ1) is 10.4. The Balaban J connectivity index is 0.990. The average Bonchev–Trinajstić information content (AvgIpc) is 3.44. The van der Waals surface area contributed by atoms with Crippen LogP contribution < -0.4 is 16.2 Å². The van der Waals surface area contributed by atoms with E-state index in [1.165, 1.54) is 43.3 Å². The van der Waals surface area contributed by atoms with Crippen LogP contribution in [0, 0.1) is 0 Å². The molecular formula is C15H19FeN3O3. The van der Waals surface area contributed by atoms with Crippen LogP contribution in [0.3, 0.4) is 0 Å². The summed E-state index contributed by atoms with van der Waals surface area (Å²) in [5, 5.41) is 3.12. The van der Waals surface area contributed by atoms with Gasteiger partial charge in [0.05, 0.1) is 0 Å². The van der Waals surface area contributed by atoms with Crippen LogP contribution in [0.2, 0.25) is 47.7 Å². The standard InChI is InChI=1S/C10H14N3O3.C5H5.Fe/c1-2-16-10(15)13-12-9(14)11-7-8-5-3-4-6-8;1-2-4-5-3-1;/h3-6H,2,7H2,1H3,(H,13,15)(H2,11,12,14);1-5H;. The summed E-state index contributed by atoms with van der Waals surface area (Å²) in [5.41, 5.74) is 4.70. The third-order valence-electron chi connectivity index (χ3n) is 16.1. The first-order valence-electron chi connectivity index (χ1n) is 8.57. The van der Waals surface area contributed by atoms with Gasteiger partial charge in [-0.25, -0.2) is 0 Å². The van der Waals surface area contributed by atoms with E-state index in [4.69, 9.17) is 4.74 Å². The van der Waals surface area contributed by atoms with Gasteiger partial charge in [0.25, 0.3) is 0 Å². The summed E-state index contributed by atoms with van der Waals surface area (Å²) in [6.07, 6.45) is -0.601. The number of hydrazine groups is 1. The molecule has 7 heteroatoms. The zero-order valence-corrected chi connectivity index (χ0v) is 13.3. The van der Waals surface area contributed by atoms with Crippen molar-refractivity contribution < 1.29 is 20.8 Å². The Labute approximate surface area is 117 Å². The molecule has 0 aliphatic carbocycles. The fourth-order valence-corrected chi connectivity index (χ4v) is 92.4. The average molecular weight is 345 g/mol. The number of rotatable bonds is 3. The summed E-state index contributed by atoms with van der Waals surface area (Å²) in [5.74, 6) is 0. The fraction of sp³-hybridized carbons (Fsp3) is 0.867. The number of hydrogen-bond donors (Lipinski definition) is 3. The molecule has 4 atom stereocenters. The van der Waals surface area contributed by atoms with Gasteiger partial charge in [0.1, 0.15) is 0 Å². The van der Waals surface area contributed by atoms with Crippen molar-refractivity contribution in [1.29, 1.82) is 0 Å². The van der Waals surface area contributed by atoms with Gasteiger partial charge in [0.2, 0.25) is 0 Å². The quantitative estimate of drug-likeness (QED) is 0.544. The molecule has 3 N–H and O–H groups in total. The van der Waals surface area contributed by atoms with E-state index in [9.17, 15) is 9.59 Å². The van der Waals surface area contributed by atoms with Crippen molar-refractivity contribution in [2.45, 2.75) is 54.6 Å². The van der Waals surface area contributed by atoms with Crippen LogP contribution in [-0.2, 0) is 11.2 Å². The van der Waals surface area contributed by atoms with Crippen LogP contribution >= 0.6 is 0 Å². The van der Waals surface area contributed by atoms with Crippen molar-refractivity contribution >= 4 is 12.1 Å². The van der Waals surface area contributed by atoms with Crippen molar-refractivity contribution in [3.8, 4) is 0 Å². The Hall–Kier alpha value is -0.941. The number of nitrogens with one attached hydrogen (secondary N) is 3. The molecule has 10 heterocycles. The predicted molar refractivity (Wildman–Crippen MR) is 73.1 cm³/mol. The minimum absolute atomic E-state index is 0.274. The van der Waals surface area contributed by atoms with Gasteiger partial charge in [0, 0.05) is 0 Å². The molecule has 1 spiro atoms. The third-order valence-corrected chi connectivity index (χ3v) is 59.0. The number of ether oxygens (including phenoxy) is 1. The van der Waals surface area contributed by atoms with E-state index >= 15 is 0 Å². The van der Waals surface area contributed by atoms with Gasteiger partial charge in [-0.05, 0) is 0 Å². The van der Waals surface area contributed by atoms with Gasteiger partial charge >= 0.3 is 117 Å². The Morgan fingerprint density at radius 1 is 1.00 bits per heavy atom. The summed E-state index contributed by atoms with van der Waals surface area (Å²) >= 11 is 0. The van der Waals surface area contributed by atoms with E-state index in [-0.39, 0.29) is 6.03 Å². The second-order valence-corrected chi connectivity index (χ2v) is 35.2. The molecule has 0 radical (unpaired) electrons. The number of carbonyl (C=O) groups excluding carboxylic acids is 2. The predicted octanol–water partition coefficient (Wildman–Crippen LogP) is 2.71. The van der Waals surface area contributed by atoms with Crippen molar-refractivity contribution in [1.82, 2.24) is 16.2 Å². The maximum absolute atomic E-state index is 12.0. The number of fused-ring (bicyclic) bond motifs is 10. The summed E-state index contributed by atoms with van der Waals surface area (Å²) in [6, 6.07) is -0.274. The molecule has 10 saturated heterocycles. The molecule has 6 nitrogen and oxygen atoms in total. The van der Waals surface area contributed by atoms with E-state index in [2.05, 4.69) is 16.2 Å². The summed E-state index contributed by atoms with van der Waals surface area (Å²) in [4.78, 5) is 34.6. The summed E-state index contributed by atoms with van der Waals surface area (Å²) in [6.45, 7) is -0.0843. The molecule has 10 fully saturated rings. The van der Waals surface area contributed by atoms with Gasteiger partial charge in [0.15, 0.2) is 0 Å². The van der Waals surface area contributed by atoms with Crippen LogP contribution in [-0.4, -0.2) is 25.3 Å². The van der Waals surface area contributed by atoms with Crippen molar-refractivity contribution in [2.24, 2.45) is 0 Å². The number of amides is 3. The van der Waals surface area contributed by atoms with E-state index in [1.807, 2.05) is 0 Å². The number of hydrogen-bond acceptors (Lipinski definition) is 3. The first kappa shape index (κ1) is 9.38. The Morgan fingerprint density at radius 3 is 2.00 bits per heavy atom. The van der Waals surface area contributed by atoms with Gasteiger partial charge in [-0.1, -0.05) is 0 Å². The molecule has 120 valence electrons. The molecular weight excluding hydrogens is 326 g/mol.